The first-order valence-corrected chi connectivity index (χ1v) is 31.0. The van der Waals surface area contributed by atoms with Gasteiger partial charge in [0.1, 0.15) is 70.4 Å². The van der Waals surface area contributed by atoms with Gasteiger partial charge in [-0.15, -0.1) is 0 Å². The number of methoxy groups -OCH3 is 4. The van der Waals surface area contributed by atoms with E-state index in [-0.39, 0.29) is 48.3 Å². The summed E-state index contributed by atoms with van der Waals surface area (Å²) in [7, 11) is 6.31. The second-order valence-electron chi connectivity index (χ2n) is 21.6. The molecular formula is C78H72O20. The lowest BCUT2D eigenvalue weighted by molar-refractivity contribution is -0.130. The maximum atomic E-state index is 12.3. The highest BCUT2D eigenvalue weighted by atomic mass is 16.6. The molecular weight excluding hydrogens is 1260 g/mol. The third-order valence-electron chi connectivity index (χ3n) is 14.5. The molecule has 10 rings (SSSR count). The molecule has 8 aromatic carbocycles. The van der Waals surface area contributed by atoms with Crippen LogP contribution in [0.25, 0.3) is 0 Å². The molecule has 0 radical (unpaired) electrons. The molecule has 0 bridgehead atoms. The van der Waals surface area contributed by atoms with Crippen LogP contribution in [0.2, 0.25) is 0 Å². The van der Waals surface area contributed by atoms with Crippen LogP contribution in [0.4, 0.5) is 0 Å². The summed E-state index contributed by atoms with van der Waals surface area (Å²) >= 11 is 0. The number of para-hydroxylation sites is 2. The topological polar surface area (TPSA) is 247 Å². The molecule has 0 heterocycles. The smallest absolute Gasteiger partial charge is 0.390 e. The summed E-state index contributed by atoms with van der Waals surface area (Å²) < 4.78 is 62.4. The average Bonchev–Trinajstić information content (AvgIpc) is 1.17. The number of carbonyl (C=O) groups is 8. The molecule has 8 aromatic rings. The molecule has 98 heavy (non-hydrogen) atoms. The Labute approximate surface area is 567 Å². The summed E-state index contributed by atoms with van der Waals surface area (Å²) in [6.45, 7) is 3.85. The fourth-order valence-electron chi connectivity index (χ4n) is 9.25. The minimum Gasteiger partial charge on any atom is -0.497 e. The Morgan fingerprint density at radius 1 is 0.255 bits per heavy atom. The molecule has 20 heteroatoms. The van der Waals surface area contributed by atoms with Gasteiger partial charge in [0.15, 0.2) is 0 Å². The Morgan fingerprint density at radius 2 is 0.439 bits per heavy atom. The molecule has 2 aliphatic rings. The van der Waals surface area contributed by atoms with Gasteiger partial charge in [-0.25, -0.2) is 38.4 Å². The van der Waals surface area contributed by atoms with Crippen molar-refractivity contribution in [2.75, 3.05) is 28.4 Å². The molecule has 0 unspecified atom stereocenters. The summed E-state index contributed by atoms with van der Waals surface area (Å²) in [5.74, 6) is 7.90. The van der Waals surface area contributed by atoms with E-state index in [1.807, 2.05) is 38.1 Å². The number of esters is 8. The first-order chi connectivity index (χ1) is 47.4. The van der Waals surface area contributed by atoms with Gasteiger partial charge in [-0.1, -0.05) is 71.8 Å². The second kappa shape index (κ2) is 38.9. The van der Waals surface area contributed by atoms with Crippen molar-refractivity contribution in [3.05, 3.63) is 240 Å². The Kier molecular flexibility index (Phi) is 29.1. The van der Waals surface area contributed by atoms with Gasteiger partial charge in [-0.3, -0.25) is 0 Å². The van der Waals surface area contributed by atoms with Crippen LogP contribution in [0.5, 0.6) is 46.0 Å². The molecule has 2 saturated carbocycles. The molecule has 0 N–H and O–H groups in total. The van der Waals surface area contributed by atoms with Gasteiger partial charge in [0, 0.05) is 23.7 Å². The van der Waals surface area contributed by atoms with Crippen molar-refractivity contribution in [1.29, 1.82) is 0 Å². The van der Waals surface area contributed by atoms with Gasteiger partial charge in [0.25, 0.3) is 0 Å². The minimum absolute atomic E-state index is 0.162. The summed E-state index contributed by atoms with van der Waals surface area (Å²) in [5.41, 5.74) is 4.07. The average molecular weight is 1330 g/mol. The molecule has 0 aliphatic heterocycles. The SMILES string of the molecule is COc1ccc(C(=O)OC2CCC(OC(=O)c3ccc(OC)cc3)CC2)cc1.COc1ccc(C(=O)OC2CCC(OC(=O)c3ccc(OC)cc3)CC2)cc1.Cc1ccc(OC(=O)C#CC(=O)Oc2ccc(C)cc2)cc1.O=C(C#CC(=O)Oc1ccccc1)Oc1ccccc1. The van der Waals surface area contributed by atoms with Crippen molar-refractivity contribution >= 4 is 47.8 Å². The highest BCUT2D eigenvalue weighted by Crippen LogP contribution is 2.28. The van der Waals surface area contributed by atoms with Crippen LogP contribution in [-0.2, 0) is 38.1 Å². The predicted molar refractivity (Wildman–Crippen MR) is 359 cm³/mol. The van der Waals surface area contributed by atoms with Crippen LogP contribution in [0.15, 0.2) is 206 Å². The Hall–Kier alpha value is -12.2. The third-order valence-corrected chi connectivity index (χ3v) is 14.5. The van der Waals surface area contributed by atoms with Gasteiger partial charge >= 0.3 is 47.8 Å². The van der Waals surface area contributed by atoms with E-state index in [1.165, 1.54) is 0 Å². The Balaban J connectivity index is 0.000000186. The van der Waals surface area contributed by atoms with E-state index in [0.717, 1.165) is 11.1 Å². The highest BCUT2D eigenvalue weighted by molar-refractivity contribution is 6.00. The number of carbonyl (C=O) groups excluding carboxylic acids is 8. The van der Waals surface area contributed by atoms with Gasteiger partial charge in [0.05, 0.1) is 50.7 Å². The number of benzene rings is 8. The first kappa shape index (κ1) is 73.3. The van der Waals surface area contributed by atoms with Crippen molar-refractivity contribution in [2.45, 2.75) is 89.6 Å². The van der Waals surface area contributed by atoms with E-state index in [4.69, 9.17) is 56.8 Å². The van der Waals surface area contributed by atoms with E-state index in [1.54, 1.807) is 210 Å². The summed E-state index contributed by atoms with van der Waals surface area (Å²) in [4.78, 5) is 94.7. The monoisotopic (exact) mass is 1330 g/mol. The van der Waals surface area contributed by atoms with Gasteiger partial charge in [-0.05, 0) is 211 Å². The highest BCUT2D eigenvalue weighted by Gasteiger charge is 2.29. The van der Waals surface area contributed by atoms with Crippen LogP contribution in [-0.4, -0.2) is 101 Å². The summed E-state index contributed by atoms with van der Waals surface area (Å²) in [6, 6.07) is 58.1. The zero-order chi connectivity index (χ0) is 70.0. The number of hydrogen-bond donors (Lipinski definition) is 0. The van der Waals surface area contributed by atoms with Crippen molar-refractivity contribution in [3.8, 4) is 69.7 Å². The third kappa shape index (κ3) is 25.6. The largest absolute Gasteiger partial charge is 0.497 e. The van der Waals surface area contributed by atoms with Crippen LogP contribution in [0, 0.1) is 37.5 Å². The Bertz CT molecular complexity index is 3620. The van der Waals surface area contributed by atoms with E-state index in [0.29, 0.717) is 120 Å². The molecule has 504 valence electrons. The van der Waals surface area contributed by atoms with E-state index in [9.17, 15) is 38.4 Å². The zero-order valence-electron chi connectivity index (χ0n) is 54.8. The molecule has 0 spiro atoms. The Morgan fingerprint density at radius 3 is 0.633 bits per heavy atom. The number of aryl methyl sites for hydroxylation is 2. The van der Waals surface area contributed by atoms with E-state index < -0.39 is 23.9 Å². The number of hydrogen-bond acceptors (Lipinski definition) is 20. The lowest BCUT2D eigenvalue weighted by Crippen LogP contribution is -2.29. The van der Waals surface area contributed by atoms with Gasteiger partial charge < -0.3 is 56.8 Å². The second-order valence-corrected chi connectivity index (χ2v) is 21.6. The van der Waals surface area contributed by atoms with Crippen LogP contribution in [0.3, 0.4) is 0 Å². The van der Waals surface area contributed by atoms with Crippen molar-refractivity contribution in [2.24, 2.45) is 0 Å². The lowest BCUT2D eigenvalue weighted by atomic mass is 9.95. The van der Waals surface area contributed by atoms with Crippen molar-refractivity contribution < 1.29 is 95.2 Å². The molecule has 2 fully saturated rings. The first-order valence-electron chi connectivity index (χ1n) is 31.0. The van der Waals surface area contributed by atoms with E-state index in [2.05, 4.69) is 23.7 Å². The quantitative estimate of drug-likeness (QED) is 0.0287. The molecule has 0 aromatic heterocycles. The normalized spacial score (nSPS) is 14.7. The van der Waals surface area contributed by atoms with Crippen LogP contribution < -0.4 is 37.9 Å². The minimum atomic E-state index is -0.818. The molecule has 2 aliphatic carbocycles. The molecule has 20 nitrogen and oxygen atoms in total. The zero-order valence-corrected chi connectivity index (χ0v) is 54.8. The van der Waals surface area contributed by atoms with Crippen molar-refractivity contribution in [3.63, 3.8) is 0 Å². The number of ether oxygens (including phenoxy) is 12. The van der Waals surface area contributed by atoms with Crippen LogP contribution in [0.1, 0.15) is 104 Å². The van der Waals surface area contributed by atoms with Crippen LogP contribution >= 0.6 is 0 Å². The standard InChI is InChI=1S/2C22H24O6.C18H14O4.C16H10O4/c2*1-25-17-7-3-15(4-8-17)21(23)27-19-11-13-20(14-12-19)28-22(24)16-5-9-18(26-2)10-6-16;1-13-3-7-15(8-4-13)21-17(19)11-12-18(20)22-16-9-5-14(2)6-10-16;17-15(19-13-7-3-1-4-8-13)11-12-16(18)20-14-9-5-2-6-10-14/h2*3-10,19-20H,11-14H2,1-2H3;3-10H,1-2H3;1-10H. The van der Waals surface area contributed by atoms with E-state index >= 15 is 0 Å². The lowest BCUT2D eigenvalue weighted by Gasteiger charge is -2.28. The maximum Gasteiger partial charge on any atom is 0.390 e. The molecule has 0 amide bonds. The predicted octanol–water partition coefficient (Wildman–Crippen LogP) is 13.1. The fraction of sp³-hybridized carbons (Fsp3) is 0.231. The summed E-state index contributed by atoms with van der Waals surface area (Å²) in [5, 5.41) is 0. The maximum absolute atomic E-state index is 12.3. The fourth-order valence-corrected chi connectivity index (χ4v) is 9.25. The van der Waals surface area contributed by atoms with Gasteiger partial charge in [0.2, 0.25) is 0 Å². The summed E-state index contributed by atoms with van der Waals surface area (Å²) in [6.07, 6.45) is 4.71. The molecule has 0 saturated heterocycles. The van der Waals surface area contributed by atoms with Gasteiger partial charge in [-0.2, -0.15) is 0 Å². The molecule has 0 atom stereocenters. The number of rotatable bonds is 16. The van der Waals surface area contributed by atoms with Crippen molar-refractivity contribution in [1.82, 2.24) is 0 Å².